The second-order valence-corrected chi connectivity index (χ2v) is 3.80. The van der Waals surface area contributed by atoms with Gasteiger partial charge in [0.25, 0.3) is 0 Å². The summed E-state index contributed by atoms with van der Waals surface area (Å²) in [5, 5.41) is 3.32. The standard InChI is InChI=1S/C14H16N2/c1-3-15-14-6-4-5-12(10-14)13-7-8-16-11(2)9-13/h4-10,15H,3H2,1-2H3. The van der Waals surface area contributed by atoms with Gasteiger partial charge in [-0.3, -0.25) is 4.98 Å². The maximum Gasteiger partial charge on any atom is 0.0378 e. The van der Waals surface area contributed by atoms with E-state index in [0.29, 0.717) is 0 Å². The Labute approximate surface area is 96.4 Å². The molecule has 1 heterocycles. The highest BCUT2D eigenvalue weighted by atomic mass is 14.8. The fourth-order valence-electron chi connectivity index (χ4n) is 1.74. The zero-order valence-electron chi connectivity index (χ0n) is 9.70. The van der Waals surface area contributed by atoms with Crippen LogP contribution in [0.3, 0.4) is 0 Å². The summed E-state index contributed by atoms with van der Waals surface area (Å²) in [5.74, 6) is 0. The molecule has 0 aliphatic rings. The van der Waals surface area contributed by atoms with Gasteiger partial charge in [-0.2, -0.15) is 0 Å². The van der Waals surface area contributed by atoms with Crippen molar-refractivity contribution in [3.8, 4) is 11.1 Å². The molecule has 82 valence electrons. The van der Waals surface area contributed by atoms with Crippen LogP contribution in [0, 0.1) is 6.92 Å². The maximum absolute atomic E-state index is 4.21. The molecule has 0 fully saturated rings. The number of nitrogens with one attached hydrogen (secondary N) is 1. The van der Waals surface area contributed by atoms with Crippen LogP contribution in [0.15, 0.2) is 42.6 Å². The smallest absolute Gasteiger partial charge is 0.0378 e. The summed E-state index contributed by atoms with van der Waals surface area (Å²) in [4.78, 5) is 4.21. The minimum absolute atomic E-state index is 0.943. The first-order valence-corrected chi connectivity index (χ1v) is 5.56. The van der Waals surface area contributed by atoms with Gasteiger partial charge in [0.2, 0.25) is 0 Å². The Kier molecular flexibility index (Phi) is 3.20. The summed E-state index contributed by atoms with van der Waals surface area (Å²) in [7, 11) is 0. The number of aromatic nitrogens is 1. The molecule has 1 aromatic heterocycles. The third kappa shape index (κ3) is 2.40. The molecule has 0 aliphatic heterocycles. The maximum atomic E-state index is 4.21. The highest BCUT2D eigenvalue weighted by Gasteiger charge is 1.99. The van der Waals surface area contributed by atoms with E-state index in [1.807, 2.05) is 19.2 Å². The van der Waals surface area contributed by atoms with Gasteiger partial charge in [0, 0.05) is 24.1 Å². The molecular formula is C14H16N2. The predicted octanol–water partition coefficient (Wildman–Crippen LogP) is 3.49. The van der Waals surface area contributed by atoms with E-state index in [4.69, 9.17) is 0 Å². The second kappa shape index (κ2) is 4.79. The van der Waals surface area contributed by atoms with Crippen molar-refractivity contribution in [2.45, 2.75) is 13.8 Å². The molecule has 0 amide bonds. The molecule has 1 N–H and O–H groups in total. The number of nitrogens with zero attached hydrogens (tertiary/aromatic N) is 1. The van der Waals surface area contributed by atoms with Crippen molar-refractivity contribution in [3.05, 3.63) is 48.3 Å². The average molecular weight is 212 g/mol. The van der Waals surface area contributed by atoms with Crippen molar-refractivity contribution >= 4 is 5.69 Å². The SMILES string of the molecule is CCNc1cccc(-c2ccnc(C)c2)c1. The molecule has 0 bridgehead atoms. The van der Waals surface area contributed by atoms with E-state index in [2.05, 4.69) is 47.6 Å². The van der Waals surface area contributed by atoms with Gasteiger partial charge in [-0.25, -0.2) is 0 Å². The van der Waals surface area contributed by atoms with Gasteiger partial charge in [0.05, 0.1) is 0 Å². The van der Waals surface area contributed by atoms with Crippen LogP contribution in [-0.4, -0.2) is 11.5 Å². The first-order chi connectivity index (χ1) is 7.79. The van der Waals surface area contributed by atoms with E-state index >= 15 is 0 Å². The highest BCUT2D eigenvalue weighted by molar-refractivity contribution is 5.68. The monoisotopic (exact) mass is 212 g/mol. The molecule has 0 radical (unpaired) electrons. The zero-order valence-corrected chi connectivity index (χ0v) is 9.70. The Morgan fingerprint density at radius 2 is 1.94 bits per heavy atom. The van der Waals surface area contributed by atoms with Gasteiger partial charge in [0.1, 0.15) is 0 Å². The minimum atomic E-state index is 0.943. The topological polar surface area (TPSA) is 24.9 Å². The summed E-state index contributed by atoms with van der Waals surface area (Å²) in [6.07, 6.45) is 1.85. The van der Waals surface area contributed by atoms with Gasteiger partial charge in [-0.1, -0.05) is 12.1 Å². The van der Waals surface area contributed by atoms with Crippen molar-refractivity contribution < 1.29 is 0 Å². The lowest BCUT2D eigenvalue weighted by molar-refractivity contribution is 1.20. The Balaban J connectivity index is 2.36. The summed E-state index contributed by atoms with van der Waals surface area (Å²) < 4.78 is 0. The third-order valence-electron chi connectivity index (χ3n) is 2.47. The van der Waals surface area contributed by atoms with E-state index in [-0.39, 0.29) is 0 Å². The lowest BCUT2D eigenvalue weighted by Crippen LogP contribution is -1.96. The van der Waals surface area contributed by atoms with Crippen molar-refractivity contribution in [2.24, 2.45) is 0 Å². The number of hydrogen-bond acceptors (Lipinski definition) is 2. The van der Waals surface area contributed by atoms with Crippen molar-refractivity contribution in [3.63, 3.8) is 0 Å². The first kappa shape index (κ1) is 10.7. The molecule has 16 heavy (non-hydrogen) atoms. The van der Waals surface area contributed by atoms with Crippen LogP contribution in [0.5, 0.6) is 0 Å². The van der Waals surface area contributed by atoms with E-state index in [1.165, 1.54) is 11.1 Å². The van der Waals surface area contributed by atoms with Crippen LogP contribution < -0.4 is 5.32 Å². The molecule has 2 aromatic rings. The molecule has 0 atom stereocenters. The number of rotatable bonds is 3. The van der Waals surface area contributed by atoms with Crippen LogP contribution >= 0.6 is 0 Å². The second-order valence-electron chi connectivity index (χ2n) is 3.80. The fraction of sp³-hybridized carbons (Fsp3) is 0.214. The normalized spacial score (nSPS) is 10.1. The van der Waals surface area contributed by atoms with Crippen LogP contribution in [0.2, 0.25) is 0 Å². The Morgan fingerprint density at radius 1 is 1.12 bits per heavy atom. The van der Waals surface area contributed by atoms with Crippen LogP contribution in [-0.2, 0) is 0 Å². The van der Waals surface area contributed by atoms with Crippen LogP contribution in [0.25, 0.3) is 11.1 Å². The van der Waals surface area contributed by atoms with Gasteiger partial charge >= 0.3 is 0 Å². The van der Waals surface area contributed by atoms with Crippen molar-refractivity contribution in [1.29, 1.82) is 0 Å². The zero-order chi connectivity index (χ0) is 11.4. The molecule has 2 heteroatoms. The Hall–Kier alpha value is -1.83. The van der Waals surface area contributed by atoms with E-state index in [0.717, 1.165) is 17.9 Å². The number of pyridine rings is 1. The molecule has 0 spiro atoms. The van der Waals surface area contributed by atoms with Crippen molar-refractivity contribution in [1.82, 2.24) is 4.98 Å². The average Bonchev–Trinajstić information content (AvgIpc) is 2.30. The van der Waals surface area contributed by atoms with Gasteiger partial charge in [-0.15, -0.1) is 0 Å². The van der Waals surface area contributed by atoms with Gasteiger partial charge in [0.15, 0.2) is 0 Å². The summed E-state index contributed by atoms with van der Waals surface area (Å²) >= 11 is 0. The molecule has 0 saturated carbocycles. The van der Waals surface area contributed by atoms with E-state index < -0.39 is 0 Å². The van der Waals surface area contributed by atoms with Gasteiger partial charge in [-0.05, 0) is 49.2 Å². The largest absolute Gasteiger partial charge is 0.385 e. The van der Waals surface area contributed by atoms with Crippen molar-refractivity contribution in [2.75, 3.05) is 11.9 Å². The molecule has 2 nitrogen and oxygen atoms in total. The highest BCUT2D eigenvalue weighted by Crippen LogP contribution is 2.22. The van der Waals surface area contributed by atoms with Gasteiger partial charge < -0.3 is 5.32 Å². The van der Waals surface area contributed by atoms with E-state index in [9.17, 15) is 0 Å². The Morgan fingerprint density at radius 3 is 2.69 bits per heavy atom. The lowest BCUT2D eigenvalue weighted by atomic mass is 10.1. The first-order valence-electron chi connectivity index (χ1n) is 5.56. The number of anilines is 1. The van der Waals surface area contributed by atoms with Crippen LogP contribution in [0.4, 0.5) is 5.69 Å². The molecule has 2 rings (SSSR count). The third-order valence-corrected chi connectivity index (χ3v) is 2.47. The fourth-order valence-corrected chi connectivity index (χ4v) is 1.74. The molecule has 0 aliphatic carbocycles. The number of benzene rings is 1. The van der Waals surface area contributed by atoms with E-state index in [1.54, 1.807) is 0 Å². The molecule has 1 aromatic carbocycles. The minimum Gasteiger partial charge on any atom is -0.385 e. The molecular weight excluding hydrogens is 196 g/mol. The lowest BCUT2D eigenvalue weighted by Gasteiger charge is -2.06. The van der Waals surface area contributed by atoms with Crippen LogP contribution in [0.1, 0.15) is 12.6 Å². The number of hydrogen-bond donors (Lipinski definition) is 1. The molecule has 0 unspecified atom stereocenters. The summed E-state index contributed by atoms with van der Waals surface area (Å²) in [5.41, 5.74) is 4.65. The summed E-state index contributed by atoms with van der Waals surface area (Å²) in [6, 6.07) is 12.6. The Bertz CT molecular complexity index is 478. The quantitative estimate of drug-likeness (QED) is 0.842. The summed E-state index contributed by atoms with van der Waals surface area (Å²) in [6.45, 7) is 5.06. The number of aryl methyl sites for hydroxylation is 1. The predicted molar refractivity (Wildman–Crippen MR) is 68.6 cm³/mol. The molecule has 0 saturated heterocycles.